The molecule has 0 aliphatic rings. The summed E-state index contributed by atoms with van der Waals surface area (Å²) in [5.41, 5.74) is 0. The van der Waals surface area contributed by atoms with E-state index in [1.807, 2.05) is 6.08 Å². The first-order chi connectivity index (χ1) is 38.5. The molecule has 6 heteroatoms. The summed E-state index contributed by atoms with van der Waals surface area (Å²) in [5, 5.41) is 23.3. The van der Waals surface area contributed by atoms with Crippen LogP contribution in [0.5, 0.6) is 0 Å². The molecule has 0 bridgehead atoms. The van der Waals surface area contributed by atoms with Gasteiger partial charge in [0.2, 0.25) is 5.91 Å². The maximum absolute atomic E-state index is 12.5. The van der Waals surface area contributed by atoms with Crippen molar-refractivity contribution < 1.29 is 24.5 Å². The number of hydrogen-bond donors (Lipinski definition) is 3. The molecule has 0 aliphatic carbocycles. The Morgan fingerprint density at radius 3 is 0.936 bits per heavy atom. The summed E-state index contributed by atoms with van der Waals surface area (Å²) in [6.07, 6.45) is 85.5. The topological polar surface area (TPSA) is 95.9 Å². The molecule has 2 unspecified atom stereocenters. The number of hydrogen-bond acceptors (Lipinski definition) is 5. The molecule has 0 aromatic carbocycles. The number of rotatable bonds is 67. The number of esters is 1. The lowest BCUT2D eigenvalue weighted by Gasteiger charge is -2.20. The smallest absolute Gasteiger partial charge is 0.305 e. The summed E-state index contributed by atoms with van der Waals surface area (Å²) in [4.78, 5) is 24.6. The van der Waals surface area contributed by atoms with Gasteiger partial charge in [0.15, 0.2) is 0 Å². The average molecular weight is 1100 g/mol. The van der Waals surface area contributed by atoms with Gasteiger partial charge in [0, 0.05) is 12.8 Å². The third-order valence-electron chi connectivity index (χ3n) is 16.7. The number of ether oxygens (including phenoxy) is 1. The molecule has 462 valence electrons. The van der Waals surface area contributed by atoms with Crippen molar-refractivity contribution in [1.82, 2.24) is 5.32 Å². The van der Waals surface area contributed by atoms with Gasteiger partial charge in [-0.1, -0.05) is 353 Å². The van der Waals surface area contributed by atoms with Crippen molar-refractivity contribution in [2.24, 2.45) is 0 Å². The van der Waals surface area contributed by atoms with E-state index in [1.165, 1.54) is 327 Å². The van der Waals surface area contributed by atoms with Gasteiger partial charge < -0.3 is 20.3 Å². The van der Waals surface area contributed by atoms with Crippen LogP contribution < -0.4 is 5.32 Å². The quantitative estimate of drug-likeness (QED) is 0.0320. The van der Waals surface area contributed by atoms with Crippen LogP contribution in [0, 0.1) is 0 Å². The fourth-order valence-corrected chi connectivity index (χ4v) is 11.3. The van der Waals surface area contributed by atoms with Crippen LogP contribution >= 0.6 is 0 Å². The van der Waals surface area contributed by atoms with Crippen LogP contribution in [0.3, 0.4) is 0 Å². The highest BCUT2D eigenvalue weighted by Gasteiger charge is 2.18. The number of aliphatic hydroxyl groups excluding tert-OH is 2. The molecular formula is C72H139NO5. The normalized spacial score (nSPS) is 12.6. The van der Waals surface area contributed by atoms with Crippen molar-refractivity contribution in [3.8, 4) is 0 Å². The third-order valence-corrected chi connectivity index (χ3v) is 16.7. The van der Waals surface area contributed by atoms with Gasteiger partial charge >= 0.3 is 5.97 Å². The number of carbonyl (C=O) groups excluding carboxylic acids is 2. The Balaban J connectivity index is 3.38. The highest BCUT2D eigenvalue weighted by Crippen LogP contribution is 2.19. The van der Waals surface area contributed by atoms with E-state index in [4.69, 9.17) is 4.74 Å². The Morgan fingerprint density at radius 2 is 0.603 bits per heavy atom. The summed E-state index contributed by atoms with van der Waals surface area (Å²) in [6, 6.07) is -0.627. The molecule has 78 heavy (non-hydrogen) atoms. The minimum atomic E-state index is -0.843. The number of carbonyl (C=O) groups is 2. The van der Waals surface area contributed by atoms with E-state index in [9.17, 15) is 19.8 Å². The van der Waals surface area contributed by atoms with Gasteiger partial charge in [-0.3, -0.25) is 9.59 Å². The number of amides is 1. The third kappa shape index (κ3) is 63.5. The first-order valence-electron chi connectivity index (χ1n) is 35.6. The molecule has 0 aromatic rings. The van der Waals surface area contributed by atoms with Crippen LogP contribution in [0.4, 0.5) is 0 Å². The Bertz CT molecular complexity index is 1220. The zero-order chi connectivity index (χ0) is 56.4. The van der Waals surface area contributed by atoms with Crippen molar-refractivity contribution in [2.75, 3.05) is 13.2 Å². The van der Waals surface area contributed by atoms with E-state index in [1.54, 1.807) is 6.08 Å². The molecule has 0 fully saturated rings. The highest BCUT2D eigenvalue weighted by atomic mass is 16.5. The van der Waals surface area contributed by atoms with Crippen molar-refractivity contribution in [1.29, 1.82) is 0 Å². The fraction of sp³-hybridized carbons (Fsp3) is 0.917. The summed E-state index contributed by atoms with van der Waals surface area (Å²) in [7, 11) is 0. The molecule has 0 heterocycles. The monoisotopic (exact) mass is 1100 g/mol. The van der Waals surface area contributed by atoms with E-state index in [2.05, 4.69) is 31.3 Å². The lowest BCUT2D eigenvalue weighted by molar-refractivity contribution is -0.143. The van der Waals surface area contributed by atoms with Gasteiger partial charge in [0.05, 0.1) is 25.4 Å². The minimum Gasteiger partial charge on any atom is -0.466 e. The van der Waals surface area contributed by atoms with Crippen molar-refractivity contribution in [3.63, 3.8) is 0 Å². The molecule has 1 amide bonds. The molecule has 0 rings (SSSR count). The van der Waals surface area contributed by atoms with Crippen LogP contribution in [0.1, 0.15) is 399 Å². The maximum Gasteiger partial charge on any atom is 0.305 e. The SMILES string of the molecule is CCCCC/C=C\CCCCCCCC(=O)OCCCCCCCCCCCCCCCCCCCCCCCCCCCCCC(=O)NC(CO)C(O)/C=C/CCCCCCCCCCCCCCCCCCCCCC. The van der Waals surface area contributed by atoms with Crippen LogP contribution in [0.15, 0.2) is 24.3 Å². The van der Waals surface area contributed by atoms with Crippen LogP contribution in [0.25, 0.3) is 0 Å². The van der Waals surface area contributed by atoms with Gasteiger partial charge in [-0.25, -0.2) is 0 Å². The zero-order valence-corrected chi connectivity index (χ0v) is 52.9. The molecular weight excluding hydrogens is 959 g/mol. The minimum absolute atomic E-state index is 0.00822. The molecule has 0 spiro atoms. The van der Waals surface area contributed by atoms with E-state index >= 15 is 0 Å². The Hall–Kier alpha value is -1.66. The van der Waals surface area contributed by atoms with Crippen LogP contribution in [-0.2, 0) is 14.3 Å². The Kier molecular flexibility index (Phi) is 66.4. The van der Waals surface area contributed by atoms with Crippen molar-refractivity contribution >= 4 is 11.9 Å². The summed E-state index contributed by atoms with van der Waals surface area (Å²) in [6.45, 7) is 4.92. The standard InChI is InChI=1S/C72H139NO5/c1-3-5-7-9-11-13-15-17-18-19-20-21-29-32-35-38-41-44-48-52-56-60-64-70(75)69(68-74)73-71(76)65-61-57-53-49-45-42-39-36-33-30-27-25-23-22-24-26-28-31-34-37-40-43-47-51-55-59-63-67-78-72(77)66-62-58-54-50-46-16-14-12-10-8-6-4-2/h12,14,60,64,69-70,74-75H,3-11,13,15-59,61-63,65-68H2,1-2H3,(H,73,76)/b14-12-,64-60+. The zero-order valence-electron chi connectivity index (χ0n) is 52.9. The number of allylic oxidation sites excluding steroid dienone is 3. The van der Waals surface area contributed by atoms with E-state index < -0.39 is 12.1 Å². The lowest BCUT2D eigenvalue weighted by Crippen LogP contribution is -2.45. The molecule has 3 N–H and O–H groups in total. The van der Waals surface area contributed by atoms with E-state index in [0.29, 0.717) is 19.4 Å². The number of aliphatic hydroxyl groups is 2. The summed E-state index contributed by atoms with van der Waals surface area (Å²) < 4.78 is 5.48. The highest BCUT2D eigenvalue weighted by molar-refractivity contribution is 5.76. The van der Waals surface area contributed by atoms with Gasteiger partial charge in [0.1, 0.15) is 0 Å². The average Bonchev–Trinajstić information content (AvgIpc) is 3.44. The maximum atomic E-state index is 12.5. The van der Waals surface area contributed by atoms with Gasteiger partial charge in [-0.15, -0.1) is 0 Å². The van der Waals surface area contributed by atoms with Gasteiger partial charge in [0.25, 0.3) is 0 Å². The molecule has 0 saturated carbocycles. The van der Waals surface area contributed by atoms with E-state index in [-0.39, 0.29) is 18.5 Å². The second-order valence-electron chi connectivity index (χ2n) is 24.6. The van der Waals surface area contributed by atoms with E-state index in [0.717, 1.165) is 44.9 Å². The fourth-order valence-electron chi connectivity index (χ4n) is 11.3. The second kappa shape index (κ2) is 67.8. The lowest BCUT2D eigenvalue weighted by atomic mass is 10.0. The second-order valence-corrected chi connectivity index (χ2v) is 24.6. The number of unbranched alkanes of at least 4 members (excludes halogenated alkanes) is 54. The molecule has 0 aliphatic heterocycles. The largest absolute Gasteiger partial charge is 0.466 e. The van der Waals surface area contributed by atoms with Crippen LogP contribution in [-0.4, -0.2) is 47.4 Å². The molecule has 0 saturated heterocycles. The predicted octanol–water partition coefficient (Wildman–Crippen LogP) is 22.9. The first kappa shape index (κ1) is 76.3. The molecule has 0 radical (unpaired) electrons. The Labute approximate surface area is 488 Å². The predicted molar refractivity (Wildman–Crippen MR) is 343 cm³/mol. The summed E-state index contributed by atoms with van der Waals surface area (Å²) >= 11 is 0. The number of nitrogens with one attached hydrogen (secondary N) is 1. The van der Waals surface area contributed by atoms with Gasteiger partial charge in [-0.2, -0.15) is 0 Å². The Morgan fingerprint density at radius 1 is 0.346 bits per heavy atom. The van der Waals surface area contributed by atoms with Crippen LogP contribution in [0.2, 0.25) is 0 Å². The van der Waals surface area contributed by atoms with Crippen molar-refractivity contribution in [3.05, 3.63) is 24.3 Å². The van der Waals surface area contributed by atoms with Gasteiger partial charge in [-0.05, 0) is 57.8 Å². The summed E-state index contributed by atoms with van der Waals surface area (Å²) in [5.74, 6) is -0.0527. The first-order valence-corrected chi connectivity index (χ1v) is 35.6. The van der Waals surface area contributed by atoms with Crippen molar-refractivity contribution in [2.45, 2.75) is 411 Å². The molecule has 0 aromatic heterocycles. The molecule has 6 nitrogen and oxygen atoms in total. The molecule has 2 atom stereocenters.